The van der Waals surface area contributed by atoms with Crippen molar-refractivity contribution < 1.29 is 0 Å². The van der Waals surface area contributed by atoms with Gasteiger partial charge >= 0.3 is 0 Å². The molecule has 0 aliphatic rings. The van der Waals surface area contributed by atoms with Crippen LogP contribution in [-0.2, 0) is 5.41 Å². The van der Waals surface area contributed by atoms with Gasteiger partial charge in [0.1, 0.15) is 0 Å². The van der Waals surface area contributed by atoms with Gasteiger partial charge in [-0.3, -0.25) is 0 Å². The molecule has 0 fully saturated rings. The Morgan fingerprint density at radius 2 is 1.86 bits per heavy atom. The number of thiophene rings is 1. The molecule has 1 nitrogen and oxygen atoms in total. The normalized spacial score (nSPS) is 13.4. The lowest BCUT2D eigenvalue weighted by Crippen LogP contribution is -2.34. The van der Waals surface area contributed by atoms with Crippen LogP contribution in [0.4, 0.5) is 0 Å². The molecule has 0 amide bonds. The first-order valence-corrected chi connectivity index (χ1v) is 8.75. The number of halogens is 3. The van der Waals surface area contributed by atoms with Crippen molar-refractivity contribution in [2.45, 2.75) is 32.2 Å². The predicted octanol–water partition coefficient (Wildman–Crippen LogP) is 6.34. The summed E-state index contributed by atoms with van der Waals surface area (Å²) in [4.78, 5) is 1.36. The second kappa shape index (κ2) is 6.89. The van der Waals surface area contributed by atoms with Gasteiger partial charge < -0.3 is 5.32 Å². The molecule has 1 atom stereocenters. The molecule has 1 unspecified atom stereocenters. The largest absolute Gasteiger partial charge is 0.309 e. The Bertz CT molecular complexity index is 608. The molecule has 0 saturated carbocycles. The standard InChI is InChI=1S/C16H18Cl3NS/c1-10(11-6-7-12(17)15(19)14(11)18)20-9-16(2,3)13-5-4-8-21-13/h4-8,10,20H,9H2,1-3H3. The van der Waals surface area contributed by atoms with Gasteiger partial charge in [-0.25, -0.2) is 0 Å². The molecule has 1 aromatic heterocycles. The average Bonchev–Trinajstić information content (AvgIpc) is 2.97. The van der Waals surface area contributed by atoms with Crippen LogP contribution in [0.3, 0.4) is 0 Å². The van der Waals surface area contributed by atoms with E-state index in [0.29, 0.717) is 15.1 Å². The topological polar surface area (TPSA) is 12.0 Å². The first kappa shape index (κ1) is 17.1. The van der Waals surface area contributed by atoms with Gasteiger partial charge in [-0.15, -0.1) is 11.3 Å². The molecule has 0 saturated heterocycles. The molecule has 1 N–H and O–H groups in total. The molecule has 0 bridgehead atoms. The lowest BCUT2D eigenvalue weighted by atomic mass is 9.91. The number of hydrogen-bond acceptors (Lipinski definition) is 2. The highest BCUT2D eigenvalue weighted by molar-refractivity contribution is 7.10. The summed E-state index contributed by atoms with van der Waals surface area (Å²) in [6.07, 6.45) is 0. The van der Waals surface area contributed by atoms with E-state index < -0.39 is 0 Å². The van der Waals surface area contributed by atoms with Crippen molar-refractivity contribution in [3.8, 4) is 0 Å². The van der Waals surface area contributed by atoms with Gasteiger partial charge in [0.2, 0.25) is 0 Å². The Labute approximate surface area is 145 Å². The monoisotopic (exact) mass is 361 g/mol. The van der Waals surface area contributed by atoms with Crippen molar-refractivity contribution >= 4 is 46.1 Å². The molecular weight excluding hydrogens is 345 g/mol. The lowest BCUT2D eigenvalue weighted by molar-refractivity contribution is 0.441. The van der Waals surface area contributed by atoms with Gasteiger partial charge in [0.25, 0.3) is 0 Å². The quantitative estimate of drug-likeness (QED) is 0.612. The molecule has 0 aliphatic heterocycles. The fraction of sp³-hybridized carbons (Fsp3) is 0.375. The molecule has 2 aromatic rings. The minimum absolute atomic E-state index is 0.0745. The Morgan fingerprint density at radius 1 is 1.14 bits per heavy atom. The Kier molecular flexibility index (Phi) is 5.61. The Morgan fingerprint density at radius 3 is 2.48 bits per heavy atom. The number of hydrogen-bond donors (Lipinski definition) is 1. The summed E-state index contributed by atoms with van der Waals surface area (Å²) in [6, 6.07) is 8.07. The van der Waals surface area contributed by atoms with Crippen molar-refractivity contribution in [1.29, 1.82) is 0 Å². The molecule has 0 spiro atoms. The summed E-state index contributed by atoms with van der Waals surface area (Å²) in [5.41, 5.74) is 1.04. The number of rotatable bonds is 5. The van der Waals surface area contributed by atoms with Crippen LogP contribution in [0.1, 0.15) is 37.3 Å². The Balaban J connectivity index is 2.09. The molecular formula is C16H18Cl3NS. The van der Waals surface area contributed by atoms with Crippen molar-refractivity contribution in [2.75, 3.05) is 6.54 Å². The third kappa shape index (κ3) is 3.94. The summed E-state index contributed by atoms with van der Waals surface area (Å²) in [6.45, 7) is 7.39. The Hall–Kier alpha value is -0.250. The van der Waals surface area contributed by atoms with E-state index in [4.69, 9.17) is 34.8 Å². The van der Waals surface area contributed by atoms with Gasteiger partial charge in [0.05, 0.1) is 15.1 Å². The van der Waals surface area contributed by atoms with Crippen LogP contribution in [-0.4, -0.2) is 6.54 Å². The van der Waals surface area contributed by atoms with E-state index in [-0.39, 0.29) is 11.5 Å². The fourth-order valence-electron chi connectivity index (χ4n) is 2.14. The van der Waals surface area contributed by atoms with E-state index in [0.717, 1.165) is 12.1 Å². The van der Waals surface area contributed by atoms with Crippen LogP contribution in [0.15, 0.2) is 29.6 Å². The maximum absolute atomic E-state index is 6.29. The third-order valence-electron chi connectivity index (χ3n) is 3.57. The summed E-state index contributed by atoms with van der Waals surface area (Å²) in [5, 5.41) is 7.07. The van der Waals surface area contributed by atoms with Crippen LogP contribution in [0, 0.1) is 0 Å². The van der Waals surface area contributed by atoms with Crippen LogP contribution in [0.5, 0.6) is 0 Å². The minimum atomic E-state index is 0.0745. The highest BCUT2D eigenvalue weighted by atomic mass is 35.5. The van der Waals surface area contributed by atoms with Crippen LogP contribution >= 0.6 is 46.1 Å². The van der Waals surface area contributed by atoms with E-state index in [2.05, 4.69) is 43.6 Å². The maximum atomic E-state index is 6.29. The summed E-state index contributed by atoms with van der Waals surface area (Å²) in [5.74, 6) is 0. The number of benzene rings is 1. The maximum Gasteiger partial charge on any atom is 0.0781 e. The van der Waals surface area contributed by atoms with Crippen LogP contribution in [0.2, 0.25) is 15.1 Å². The molecule has 114 valence electrons. The zero-order valence-electron chi connectivity index (χ0n) is 12.2. The van der Waals surface area contributed by atoms with E-state index >= 15 is 0 Å². The molecule has 0 radical (unpaired) electrons. The minimum Gasteiger partial charge on any atom is -0.309 e. The van der Waals surface area contributed by atoms with Crippen LogP contribution < -0.4 is 5.32 Å². The predicted molar refractivity (Wildman–Crippen MR) is 95.2 cm³/mol. The molecule has 1 heterocycles. The summed E-state index contributed by atoms with van der Waals surface area (Å²) in [7, 11) is 0. The van der Waals surface area contributed by atoms with E-state index in [9.17, 15) is 0 Å². The van der Waals surface area contributed by atoms with Crippen molar-refractivity contribution in [3.63, 3.8) is 0 Å². The zero-order chi connectivity index (χ0) is 15.6. The zero-order valence-corrected chi connectivity index (χ0v) is 15.3. The molecule has 5 heteroatoms. The van der Waals surface area contributed by atoms with Gasteiger partial charge in [-0.1, -0.05) is 60.8 Å². The highest BCUT2D eigenvalue weighted by Gasteiger charge is 2.23. The second-order valence-corrected chi connectivity index (χ2v) is 7.84. The van der Waals surface area contributed by atoms with E-state index in [1.807, 2.05) is 6.07 Å². The van der Waals surface area contributed by atoms with E-state index in [1.165, 1.54) is 4.88 Å². The molecule has 0 aliphatic carbocycles. The SMILES string of the molecule is CC(NCC(C)(C)c1cccs1)c1ccc(Cl)c(Cl)c1Cl. The second-order valence-electron chi connectivity index (χ2n) is 5.73. The highest BCUT2D eigenvalue weighted by Crippen LogP contribution is 2.36. The number of nitrogens with one attached hydrogen (secondary N) is 1. The fourth-order valence-corrected chi connectivity index (χ4v) is 3.70. The van der Waals surface area contributed by atoms with Crippen molar-refractivity contribution in [2.24, 2.45) is 0 Å². The first-order valence-electron chi connectivity index (χ1n) is 6.73. The van der Waals surface area contributed by atoms with Crippen LogP contribution in [0.25, 0.3) is 0 Å². The molecule has 2 rings (SSSR count). The smallest absolute Gasteiger partial charge is 0.0781 e. The summed E-state index contributed by atoms with van der Waals surface area (Å²) >= 11 is 20.1. The lowest BCUT2D eigenvalue weighted by Gasteiger charge is -2.27. The van der Waals surface area contributed by atoms with Crippen molar-refractivity contribution in [1.82, 2.24) is 5.32 Å². The first-order chi connectivity index (χ1) is 9.83. The molecule has 1 aromatic carbocycles. The van der Waals surface area contributed by atoms with Gasteiger partial charge in [0.15, 0.2) is 0 Å². The van der Waals surface area contributed by atoms with E-state index in [1.54, 1.807) is 17.4 Å². The van der Waals surface area contributed by atoms with Gasteiger partial charge in [0, 0.05) is 22.9 Å². The summed E-state index contributed by atoms with van der Waals surface area (Å²) < 4.78 is 0. The van der Waals surface area contributed by atoms with Gasteiger partial charge in [-0.2, -0.15) is 0 Å². The molecule has 21 heavy (non-hydrogen) atoms. The average molecular weight is 363 g/mol. The third-order valence-corrected chi connectivity index (χ3v) is 6.11. The van der Waals surface area contributed by atoms with Gasteiger partial charge in [-0.05, 0) is 30.0 Å². The van der Waals surface area contributed by atoms with Crippen molar-refractivity contribution in [3.05, 3.63) is 55.2 Å².